The number of benzene rings is 1. The molecule has 0 aliphatic rings. The van der Waals surface area contributed by atoms with Crippen LogP contribution in [0.4, 0.5) is 5.69 Å². The lowest BCUT2D eigenvalue weighted by Gasteiger charge is -2.10. The highest BCUT2D eigenvalue weighted by Gasteiger charge is 2.06. The van der Waals surface area contributed by atoms with Crippen molar-refractivity contribution in [3.63, 3.8) is 0 Å². The molecule has 0 unspecified atom stereocenters. The molecule has 0 spiro atoms. The van der Waals surface area contributed by atoms with Gasteiger partial charge >= 0.3 is 0 Å². The van der Waals surface area contributed by atoms with E-state index < -0.39 is 0 Å². The van der Waals surface area contributed by atoms with Crippen LogP contribution >= 0.6 is 0 Å². The molecule has 4 nitrogen and oxygen atoms in total. The van der Waals surface area contributed by atoms with E-state index in [0.29, 0.717) is 6.42 Å². The summed E-state index contributed by atoms with van der Waals surface area (Å²) in [6, 6.07) is 5.65. The minimum Gasteiger partial charge on any atom is -0.395 e. The van der Waals surface area contributed by atoms with Crippen molar-refractivity contribution in [3.05, 3.63) is 29.3 Å². The van der Waals surface area contributed by atoms with Gasteiger partial charge in [-0.05, 0) is 30.2 Å². The van der Waals surface area contributed by atoms with E-state index in [0.717, 1.165) is 23.2 Å². The molecule has 102 valence electrons. The lowest BCUT2D eigenvalue weighted by Crippen LogP contribution is -2.18. The predicted molar refractivity (Wildman–Crippen MR) is 74.9 cm³/mol. The Morgan fingerprint density at radius 3 is 2.89 bits per heavy atom. The van der Waals surface area contributed by atoms with Gasteiger partial charge in [0.1, 0.15) is 6.61 Å². The highest BCUT2D eigenvalue weighted by atomic mass is 16.5. The maximum atomic E-state index is 11.5. The van der Waals surface area contributed by atoms with Crippen LogP contribution in [0.15, 0.2) is 18.2 Å². The largest absolute Gasteiger partial charge is 0.395 e. The number of nitrogens with one attached hydrogen (secondary N) is 1. The third kappa shape index (κ3) is 5.12. The molecule has 1 rings (SSSR count). The topological polar surface area (TPSA) is 58.6 Å². The number of hydrogen-bond acceptors (Lipinski definition) is 3. The van der Waals surface area contributed by atoms with Crippen LogP contribution in [0.5, 0.6) is 0 Å². The summed E-state index contributed by atoms with van der Waals surface area (Å²) < 4.78 is 4.78. The molecule has 0 heterocycles. The monoisotopic (exact) mass is 261 g/mol. The minimum atomic E-state index is -0.170. The molecule has 0 aliphatic heterocycles. The summed E-state index contributed by atoms with van der Waals surface area (Å²) in [5.74, 6) is 5.68. The third-order valence-electron chi connectivity index (χ3n) is 2.51. The zero-order valence-corrected chi connectivity index (χ0v) is 11.3. The van der Waals surface area contributed by atoms with Crippen molar-refractivity contribution in [3.8, 4) is 11.8 Å². The van der Waals surface area contributed by atoms with E-state index in [2.05, 4.69) is 17.2 Å². The Kier molecular flexibility index (Phi) is 6.65. The van der Waals surface area contributed by atoms with Crippen molar-refractivity contribution in [1.82, 2.24) is 0 Å². The maximum absolute atomic E-state index is 11.5. The van der Waals surface area contributed by atoms with Crippen molar-refractivity contribution in [2.24, 2.45) is 0 Å². The molecular formula is C15H19NO3. The van der Waals surface area contributed by atoms with Crippen molar-refractivity contribution >= 4 is 11.6 Å². The second-order valence-corrected chi connectivity index (χ2v) is 3.98. The number of aliphatic hydroxyl groups is 1. The number of hydrogen-bond donors (Lipinski definition) is 2. The second-order valence-electron chi connectivity index (χ2n) is 3.98. The summed E-state index contributed by atoms with van der Waals surface area (Å²) in [5.41, 5.74) is 2.70. The molecule has 1 aromatic rings. The summed E-state index contributed by atoms with van der Waals surface area (Å²) >= 11 is 0. The van der Waals surface area contributed by atoms with E-state index in [1.54, 1.807) is 0 Å². The number of amides is 1. The molecule has 0 atom stereocenters. The fraction of sp³-hybridized carbons (Fsp3) is 0.400. The molecule has 0 aliphatic carbocycles. The van der Waals surface area contributed by atoms with E-state index in [1.807, 2.05) is 25.1 Å². The molecule has 0 saturated heterocycles. The molecule has 0 saturated carbocycles. The highest BCUT2D eigenvalue weighted by molar-refractivity contribution is 5.92. The van der Waals surface area contributed by atoms with Crippen LogP contribution < -0.4 is 5.32 Å². The predicted octanol–water partition coefficient (Wildman–Crippen LogP) is 1.57. The van der Waals surface area contributed by atoms with Gasteiger partial charge in [-0.15, -0.1) is 0 Å². The Morgan fingerprint density at radius 2 is 2.26 bits per heavy atom. The molecule has 0 bridgehead atoms. The smallest absolute Gasteiger partial charge is 0.250 e. The first-order chi connectivity index (χ1) is 9.21. The molecule has 4 heteroatoms. The summed E-state index contributed by atoms with van der Waals surface area (Å²) in [6.07, 6.45) is 1.27. The van der Waals surface area contributed by atoms with Crippen LogP contribution in [0.1, 0.15) is 24.5 Å². The number of carbonyl (C=O) groups excluding carboxylic acids is 1. The van der Waals surface area contributed by atoms with Gasteiger partial charge in [0.05, 0.1) is 6.61 Å². The van der Waals surface area contributed by atoms with Crippen molar-refractivity contribution < 1.29 is 14.6 Å². The fourth-order valence-electron chi connectivity index (χ4n) is 1.62. The zero-order chi connectivity index (χ0) is 14.1. The lowest BCUT2D eigenvalue weighted by atomic mass is 10.1. The van der Waals surface area contributed by atoms with Crippen LogP contribution in [-0.2, 0) is 16.0 Å². The molecule has 0 radical (unpaired) electrons. The maximum Gasteiger partial charge on any atom is 0.250 e. The van der Waals surface area contributed by atoms with E-state index in [9.17, 15) is 4.79 Å². The zero-order valence-electron chi connectivity index (χ0n) is 11.3. The van der Waals surface area contributed by atoms with Crippen LogP contribution in [0, 0.1) is 11.8 Å². The average molecular weight is 261 g/mol. The van der Waals surface area contributed by atoms with Crippen molar-refractivity contribution in [2.75, 3.05) is 25.6 Å². The number of anilines is 1. The molecule has 1 aromatic carbocycles. The van der Waals surface area contributed by atoms with Crippen molar-refractivity contribution in [2.45, 2.75) is 19.8 Å². The quantitative estimate of drug-likeness (QED) is 0.791. The lowest BCUT2D eigenvalue weighted by molar-refractivity contribution is -0.119. The minimum absolute atomic E-state index is 0.0429. The summed E-state index contributed by atoms with van der Waals surface area (Å²) in [7, 11) is 1.49. The van der Waals surface area contributed by atoms with Gasteiger partial charge in [-0.25, -0.2) is 0 Å². The molecule has 2 N–H and O–H groups in total. The van der Waals surface area contributed by atoms with Gasteiger partial charge in [0.2, 0.25) is 5.91 Å². The van der Waals surface area contributed by atoms with Gasteiger partial charge in [-0.1, -0.05) is 18.8 Å². The SMILES string of the molecule is CCc1cc(C#CCCO)ccc1NC(=O)COC. The molecular weight excluding hydrogens is 242 g/mol. The first-order valence-corrected chi connectivity index (χ1v) is 6.22. The van der Waals surface area contributed by atoms with Gasteiger partial charge < -0.3 is 15.2 Å². The molecule has 1 amide bonds. The Hall–Kier alpha value is -1.83. The summed E-state index contributed by atoms with van der Waals surface area (Å²) in [6.45, 7) is 2.13. The molecule has 0 fully saturated rings. The third-order valence-corrected chi connectivity index (χ3v) is 2.51. The van der Waals surface area contributed by atoms with Gasteiger partial charge in [0.15, 0.2) is 0 Å². The Morgan fingerprint density at radius 1 is 1.47 bits per heavy atom. The second kappa shape index (κ2) is 8.30. The van der Waals surface area contributed by atoms with Crippen LogP contribution in [-0.4, -0.2) is 31.3 Å². The van der Waals surface area contributed by atoms with Gasteiger partial charge in [-0.3, -0.25) is 4.79 Å². The molecule has 0 aromatic heterocycles. The van der Waals surface area contributed by atoms with E-state index in [1.165, 1.54) is 7.11 Å². The van der Waals surface area contributed by atoms with E-state index in [4.69, 9.17) is 9.84 Å². The molecule has 19 heavy (non-hydrogen) atoms. The van der Waals surface area contributed by atoms with Crippen LogP contribution in [0.2, 0.25) is 0 Å². The van der Waals surface area contributed by atoms with E-state index in [-0.39, 0.29) is 19.1 Å². The van der Waals surface area contributed by atoms with Crippen molar-refractivity contribution in [1.29, 1.82) is 0 Å². The number of rotatable bonds is 5. The summed E-state index contributed by atoms with van der Waals surface area (Å²) in [5, 5.41) is 11.5. The first kappa shape index (κ1) is 15.2. The fourth-order valence-corrected chi connectivity index (χ4v) is 1.62. The Labute approximate surface area is 113 Å². The van der Waals surface area contributed by atoms with Gasteiger partial charge in [0.25, 0.3) is 0 Å². The summed E-state index contributed by atoms with van der Waals surface area (Å²) in [4.78, 5) is 11.5. The number of methoxy groups -OCH3 is 1. The van der Waals surface area contributed by atoms with Crippen LogP contribution in [0.3, 0.4) is 0 Å². The number of aryl methyl sites for hydroxylation is 1. The Bertz CT molecular complexity index is 486. The van der Waals surface area contributed by atoms with Crippen LogP contribution in [0.25, 0.3) is 0 Å². The standard InChI is InChI=1S/C15H19NO3/c1-3-13-10-12(6-4-5-9-17)7-8-14(13)16-15(18)11-19-2/h7-8,10,17H,3,5,9,11H2,1-2H3,(H,16,18). The van der Waals surface area contributed by atoms with Gasteiger partial charge in [-0.2, -0.15) is 0 Å². The number of carbonyl (C=O) groups is 1. The number of aliphatic hydroxyl groups excluding tert-OH is 1. The first-order valence-electron chi connectivity index (χ1n) is 6.22. The Balaban J connectivity index is 2.85. The van der Waals surface area contributed by atoms with E-state index >= 15 is 0 Å². The highest BCUT2D eigenvalue weighted by Crippen LogP contribution is 2.18. The number of ether oxygens (including phenoxy) is 1. The average Bonchev–Trinajstić information content (AvgIpc) is 2.41. The van der Waals surface area contributed by atoms with Gasteiger partial charge in [0, 0.05) is 24.8 Å². The normalized spacial score (nSPS) is 9.63.